The molecule has 0 saturated carbocycles. The monoisotopic (exact) mass is 411 g/mol. The fourth-order valence-electron chi connectivity index (χ4n) is 0.939. The molecule has 0 aromatic rings. The Balaban J connectivity index is 4.49. The van der Waals surface area contributed by atoms with Crippen LogP contribution in [0.1, 0.15) is 0 Å². The summed E-state index contributed by atoms with van der Waals surface area (Å²) < 4.78 is 0. The SMILES string of the molecule is C#CC#CC#CC#CC#CC#CC#CC#CC#CC#CC#CC#CC#CC#CC#CC#CC#N. The van der Waals surface area contributed by atoms with Crippen molar-refractivity contribution in [2.75, 3.05) is 0 Å². The highest BCUT2D eigenvalue weighted by molar-refractivity contribution is 5.49. The molecule has 0 aliphatic heterocycles. The predicted molar refractivity (Wildman–Crippen MR) is 131 cm³/mol. The Labute approximate surface area is 201 Å². The molecule has 0 spiro atoms. The van der Waals surface area contributed by atoms with E-state index in [0.29, 0.717) is 0 Å². The average Bonchev–Trinajstić information content (AvgIpc) is 2.85. The quantitative estimate of drug-likeness (QED) is 0.523. The minimum absolute atomic E-state index is 1.62. The van der Waals surface area contributed by atoms with E-state index in [0.717, 1.165) is 0 Å². The van der Waals surface area contributed by atoms with Crippen LogP contribution in [0.5, 0.6) is 0 Å². The first-order valence-electron chi connectivity index (χ1n) is 8.26. The lowest BCUT2D eigenvalue weighted by Gasteiger charge is -1.57. The molecule has 1 nitrogen and oxygen atoms in total. The van der Waals surface area contributed by atoms with Crippen LogP contribution in [-0.2, 0) is 0 Å². The molecule has 0 N–H and O–H groups in total. The van der Waals surface area contributed by atoms with E-state index in [2.05, 4.69) is 184 Å². The van der Waals surface area contributed by atoms with E-state index in [-0.39, 0.29) is 0 Å². The Morgan fingerprint density at radius 3 is 0.529 bits per heavy atom. The number of nitrogens with zero attached hydrogens (tertiary/aromatic N) is 1. The van der Waals surface area contributed by atoms with E-state index in [4.69, 9.17) is 11.7 Å². The maximum absolute atomic E-state index is 8.15. The van der Waals surface area contributed by atoms with Crippen molar-refractivity contribution in [2.45, 2.75) is 0 Å². The predicted octanol–water partition coefficient (Wildman–Crippen LogP) is 0.194. The minimum atomic E-state index is 1.62. The van der Waals surface area contributed by atoms with Crippen LogP contribution in [0.4, 0.5) is 0 Å². The molecule has 0 atom stereocenters. The highest BCUT2D eigenvalue weighted by atomic mass is 14.2. The molecule has 1 heteroatoms. The summed E-state index contributed by atoms with van der Waals surface area (Å²) in [7, 11) is 0. The van der Waals surface area contributed by atoms with Crippen molar-refractivity contribution in [1.29, 1.82) is 5.26 Å². The van der Waals surface area contributed by atoms with Crippen LogP contribution in [0.2, 0.25) is 0 Å². The van der Waals surface area contributed by atoms with E-state index in [1.807, 2.05) is 0 Å². The molecule has 138 valence electrons. The largest absolute Gasteiger partial charge is 0.183 e. The molecule has 0 aromatic heterocycles. The molecule has 0 unspecified atom stereocenters. The van der Waals surface area contributed by atoms with Gasteiger partial charge in [0.25, 0.3) is 0 Å². The fraction of sp³-hybridized carbons (Fsp3) is 0. The van der Waals surface area contributed by atoms with Gasteiger partial charge in [-0.05, 0) is 47.4 Å². The zero-order valence-corrected chi connectivity index (χ0v) is 17.0. The molecule has 0 radical (unpaired) electrons. The third-order valence-electron chi connectivity index (χ3n) is 1.94. The molecular formula is C33HN. The number of rotatable bonds is 0. The van der Waals surface area contributed by atoms with Gasteiger partial charge < -0.3 is 0 Å². The third kappa shape index (κ3) is 24.5. The van der Waals surface area contributed by atoms with Gasteiger partial charge in [-0.2, -0.15) is 5.26 Å². The van der Waals surface area contributed by atoms with E-state index in [1.165, 1.54) is 0 Å². The van der Waals surface area contributed by atoms with Crippen molar-refractivity contribution >= 4 is 0 Å². The van der Waals surface area contributed by atoms with Gasteiger partial charge in [0.05, 0.1) is 0 Å². The van der Waals surface area contributed by atoms with Crippen molar-refractivity contribution < 1.29 is 0 Å². The molecule has 0 bridgehead atoms. The first kappa shape index (κ1) is 26.5. The van der Waals surface area contributed by atoms with Crippen molar-refractivity contribution in [1.82, 2.24) is 0 Å². The van der Waals surface area contributed by atoms with Gasteiger partial charge in [-0.15, -0.1) is 6.42 Å². The van der Waals surface area contributed by atoms with Gasteiger partial charge in [0, 0.05) is 136 Å². The number of nitriles is 1. The molecule has 0 aliphatic carbocycles. The van der Waals surface area contributed by atoms with Gasteiger partial charge in [0.15, 0.2) is 6.07 Å². The zero-order chi connectivity index (χ0) is 24.6. The number of hydrogen-bond acceptors (Lipinski definition) is 1. The highest BCUT2D eigenvalue weighted by Gasteiger charge is 1.60. The van der Waals surface area contributed by atoms with E-state index in [1.54, 1.807) is 6.07 Å². The van der Waals surface area contributed by atoms with Gasteiger partial charge >= 0.3 is 0 Å². The first-order chi connectivity index (χ1) is 16.9. The Morgan fingerprint density at radius 1 is 0.235 bits per heavy atom. The minimum Gasteiger partial charge on any atom is -0.183 e. The van der Waals surface area contributed by atoms with E-state index >= 15 is 0 Å². The second kappa shape index (κ2) is 25.5. The lowest BCUT2D eigenvalue weighted by atomic mass is 10.4. The van der Waals surface area contributed by atoms with Gasteiger partial charge in [-0.25, -0.2) is 0 Å². The van der Waals surface area contributed by atoms with Crippen LogP contribution in [-0.4, -0.2) is 0 Å². The van der Waals surface area contributed by atoms with Crippen molar-refractivity contribution in [3.05, 3.63) is 0 Å². The molecular weight excluding hydrogens is 410 g/mol. The van der Waals surface area contributed by atoms with Crippen LogP contribution >= 0.6 is 0 Å². The van der Waals surface area contributed by atoms with Crippen LogP contribution in [0, 0.1) is 201 Å². The molecule has 34 heavy (non-hydrogen) atoms. The third-order valence-corrected chi connectivity index (χ3v) is 1.94. The zero-order valence-electron chi connectivity index (χ0n) is 17.0. The van der Waals surface area contributed by atoms with Crippen LogP contribution in [0.15, 0.2) is 0 Å². The maximum atomic E-state index is 8.15. The summed E-state index contributed by atoms with van der Waals surface area (Å²) in [4.78, 5) is 0. The summed E-state index contributed by atoms with van der Waals surface area (Å²) >= 11 is 0. The van der Waals surface area contributed by atoms with Crippen LogP contribution in [0.25, 0.3) is 0 Å². The lowest BCUT2D eigenvalue weighted by molar-refractivity contribution is 1.55. The Bertz CT molecular complexity index is 1750. The molecule has 0 rings (SSSR count). The summed E-state index contributed by atoms with van der Waals surface area (Å²) in [5.74, 6) is 75.3. The van der Waals surface area contributed by atoms with E-state index < -0.39 is 0 Å². The first-order valence-corrected chi connectivity index (χ1v) is 8.26. The van der Waals surface area contributed by atoms with Crippen LogP contribution < -0.4 is 0 Å². The summed E-state index contributed by atoms with van der Waals surface area (Å²) in [6, 6.07) is 1.62. The second-order valence-corrected chi connectivity index (χ2v) is 4.01. The number of hydrogen-bond donors (Lipinski definition) is 0. The highest BCUT2D eigenvalue weighted by Crippen LogP contribution is 1.60. The van der Waals surface area contributed by atoms with Crippen LogP contribution in [0.3, 0.4) is 0 Å². The van der Waals surface area contributed by atoms with Gasteiger partial charge in [-0.1, -0.05) is 0 Å². The molecule has 0 heterocycles. The molecule has 0 amide bonds. The Morgan fingerprint density at radius 2 is 0.382 bits per heavy atom. The average molecular weight is 411 g/mol. The number of terminal acetylenes is 1. The van der Waals surface area contributed by atoms with Gasteiger partial charge in [-0.3, -0.25) is 0 Å². The molecule has 0 aliphatic rings. The van der Waals surface area contributed by atoms with Gasteiger partial charge in [0.2, 0.25) is 0 Å². The Kier molecular flexibility index (Phi) is 19.8. The molecule has 0 saturated heterocycles. The second-order valence-electron chi connectivity index (χ2n) is 4.01. The molecule has 0 fully saturated rings. The van der Waals surface area contributed by atoms with E-state index in [9.17, 15) is 0 Å². The summed E-state index contributed by atoms with van der Waals surface area (Å²) in [6.45, 7) is 0. The normalized spacial score (nSPS) is 3.82. The van der Waals surface area contributed by atoms with Crippen molar-refractivity contribution in [2.24, 2.45) is 0 Å². The van der Waals surface area contributed by atoms with Crippen molar-refractivity contribution in [3.8, 4) is 196 Å². The topological polar surface area (TPSA) is 23.8 Å². The summed E-state index contributed by atoms with van der Waals surface area (Å²) in [5, 5.41) is 8.15. The smallest absolute Gasteiger partial charge is 0.153 e. The lowest BCUT2D eigenvalue weighted by Crippen LogP contribution is -1.57. The summed E-state index contributed by atoms with van der Waals surface area (Å²) in [6.07, 6.45) is 4.92. The van der Waals surface area contributed by atoms with Gasteiger partial charge in [0.1, 0.15) is 0 Å². The Hall–Kier alpha value is -7.55. The fourth-order valence-corrected chi connectivity index (χ4v) is 0.939. The molecule has 0 aromatic carbocycles. The van der Waals surface area contributed by atoms with Crippen molar-refractivity contribution in [3.63, 3.8) is 0 Å². The maximum Gasteiger partial charge on any atom is 0.153 e. The summed E-state index contributed by atoms with van der Waals surface area (Å²) in [5.41, 5.74) is 0. The standard InChI is InChI=1S/C33HN/c1-2-3-4-5-6-7-8-9-10-11-12-13-14-15-16-17-18-19-20-21-22-23-24-25-26-27-28-29-30-31-32-33-34/h1H.